The first-order valence-electron chi connectivity index (χ1n) is 11.7. The molecule has 7 nitrogen and oxygen atoms in total. The highest BCUT2D eigenvalue weighted by Gasteiger charge is 2.37. The normalized spacial score (nSPS) is 15.0. The standard InChI is InChI=1S/C29H25N3O4/c1-3-36-23-11-7-10-22(16-23)32-28(34)25(27(33)30-29(32)35)15-21-18-31(26-13-5-4-12-24(21)26)17-20-9-6-8-19(2)14-20/h4-16,18H,3,17H2,1-2H3,(H,30,33,35)/b25-15+. The largest absolute Gasteiger partial charge is 0.494 e. The Morgan fingerprint density at radius 1 is 0.944 bits per heavy atom. The lowest BCUT2D eigenvalue weighted by Crippen LogP contribution is -2.54. The number of hydrogen-bond acceptors (Lipinski definition) is 4. The molecule has 0 atom stereocenters. The SMILES string of the molecule is CCOc1cccc(N2C(=O)NC(=O)/C(=C\c3cn(Cc4cccc(C)c4)c4ccccc34)C2=O)c1. The van der Waals surface area contributed by atoms with Gasteiger partial charge in [0, 0.05) is 35.3 Å². The molecule has 0 spiro atoms. The highest BCUT2D eigenvalue weighted by atomic mass is 16.5. The molecule has 1 N–H and O–H groups in total. The number of aromatic nitrogens is 1. The summed E-state index contributed by atoms with van der Waals surface area (Å²) >= 11 is 0. The van der Waals surface area contributed by atoms with E-state index in [1.54, 1.807) is 30.3 Å². The number of carbonyl (C=O) groups is 3. The fraction of sp³-hybridized carbons (Fsp3) is 0.138. The predicted octanol–water partition coefficient (Wildman–Crippen LogP) is 5.06. The summed E-state index contributed by atoms with van der Waals surface area (Å²) in [6.45, 7) is 4.98. The summed E-state index contributed by atoms with van der Waals surface area (Å²) in [6, 6.07) is 22.0. The minimum atomic E-state index is -0.794. The van der Waals surface area contributed by atoms with Gasteiger partial charge in [-0.3, -0.25) is 14.9 Å². The minimum absolute atomic E-state index is 0.116. The molecule has 0 bridgehead atoms. The molecular formula is C29H25N3O4. The maximum atomic E-state index is 13.4. The first kappa shape index (κ1) is 23.1. The van der Waals surface area contributed by atoms with Crippen molar-refractivity contribution in [3.8, 4) is 5.75 Å². The highest BCUT2D eigenvalue weighted by molar-refractivity contribution is 6.39. The van der Waals surface area contributed by atoms with Crippen molar-refractivity contribution in [3.05, 3.63) is 101 Å². The summed E-state index contributed by atoms with van der Waals surface area (Å²) < 4.78 is 7.60. The smallest absolute Gasteiger partial charge is 0.335 e. The molecule has 1 fully saturated rings. The lowest BCUT2D eigenvalue weighted by molar-refractivity contribution is -0.122. The molecule has 0 aliphatic carbocycles. The molecule has 0 unspecified atom stereocenters. The van der Waals surface area contributed by atoms with Gasteiger partial charge >= 0.3 is 6.03 Å². The van der Waals surface area contributed by atoms with Crippen LogP contribution in [-0.4, -0.2) is 29.0 Å². The van der Waals surface area contributed by atoms with E-state index in [0.29, 0.717) is 30.2 Å². The number of imide groups is 2. The Bertz CT molecular complexity index is 1530. The first-order valence-corrected chi connectivity index (χ1v) is 11.7. The number of nitrogens with zero attached hydrogens (tertiary/aromatic N) is 2. The number of nitrogens with one attached hydrogen (secondary N) is 1. The molecule has 1 aromatic heterocycles. The Morgan fingerprint density at radius 2 is 1.75 bits per heavy atom. The summed E-state index contributed by atoms with van der Waals surface area (Å²) in [5, 5.41) is 3.20. The van der Waals surface area contributed by atoms with Crippen LogP contribution in [0.25, 0.3) is 17.0 Å². The Balaban J connectivity index is 1.55. The van der Waals surface area contributed by atoms with Crippen molar-refractivity contribution in [2.75, 3.05) is 11.5 Å². The van der Waals surface area contributed by atoms with Crippen LogP contribution in [0.3, 0.4) is 0 Å². The van der Waals surface area contributed by atoms with Crippen LogP contribution in [0.2, 0.25) is 0 Å². The van der Waals surface area contributed by atoms with E-state index >= 15 is 0 Å². The fourth-order valence-corrected chi connectivity index (χ4v) is 4.45. The first-order chi connectivity index (χ1) is 17.4. The van der Waals surface area contributed by atoms with E-state index in [9.17, 15) is 14.4 Å². The number of anilines is 1. The van der Waals surface area contributed by atoms with Gasteiger partial charge in [-0.25, -0.2) is 9.69 Å². The Labute approximate surface area is 208 Å². The van der Waals surface area contributed by atoms with Gasteiger partial charge in [-0.1, -0.05) is 54.1 Å². The highest BCUT2D eigenvalue weighted by Crippen LogP contribution is 2.28. The van der Waals surface area contributed by atoms with Crippen molar-refractivity contribution in [1.82, 2.24) is 9.88 Å². The third-order valence-corrected chi connectivity index (χ3v) is 6.04. The van der Waals surface area contributed by atoms with Gasteiger partial charge in [-0.05, 0) is 43.7 Å². The molecule has 0 saturated carbocycles. The summed E-state index contributed by atoms with van der Waals surface area (Å²) in [7, 11) is 0. The number of ether oxygens (including phenoxy) is 1. The monoisotopic (exact) mass is 479 g/mol. The number of fused-ring (bicyclic) bond motifs is 1. The summed E-state index contributed by atoms with van der Waals surface area (Å²) in [6.07, 6.45) is 3.48. The van der Waals surface area contributed by atoms with Gasteiger partial charge in [0.2, 0.25) is 0 Å². The molecule has 1 saturated heterocycles. The minimum Gasteiger partial charge on any atom is -0.494 e. The maximum absolute atomic E-state index is 13.4. The van der Waals surface area contributed by atoms with Crippen molar-refractivity contribution < 1.29 is 19.1 Å². The van der Waals surface area contributed by atoms with Crippen molar-refractivity contribution in [2.24, 2.45) is 0 Å². The second kappa shape index (κ2) is 9.54. The third kappa shape index (κ3) is 4.38. The summed E-state index contributed by atoms with van der Waals surface area (Å²) in [4.78, 5) is 39.8. The Morgan fingerprint density at radius 3 is 2.56 bits per heavy atom. The van der Waals surface area contributed by atoms with Crippen molar-refractivity contribution in [2.45, 2.75) is 20.4 Å². The maximum Gasteiger partial charge on any atom is 0.335 e. The van der Waals surface area contributed by atoms with Crippen LogP contribution in [-0.2, 0) is 16.1 Å². The molecular weight excluding hydrogens is 454 g/mol. The number of rotatable bonds is 6. The van der Waals surface area contributed by atoms with Gasteiger partial charge < -0.3 is 9.30 Å². The molecule has 5 rings (SSSR count). The van der Waals surface area contributed by atoms with Gasteiger partial charge in [-0.15, -0.1) is 0 Å². The fourth-order valence-electron chi connectivity index (χ4n) is 4.45. The number of benzene rings is 3. The molecule has 3 aromatic carbocycles. The van der Waals surface area contributed by atoms with E-state index in [1.807, 2.05) is 43.5 Å². The van der Waals surface area contributed by atoms with Gasteiger partial charge in [-0.2, -0.15) is 0 Å². The topological polar surface area (TPSA) is 80.6 Å². The molecule has 2 heterocycles. The average molecular weight is 480 g/mol. The van der Waals surface area contributed by atoms with Crippen LogP contribution in [0.5, 0.6) is 5.75 Å². The van der Waals surface area contributed by atoms with E-state index in [2.05, 4.69) is 35.0 Å². The molecule has 36 heavy (non-hydrogen) atoms. The number of amides is 4. The summed E-state index contributed by atoms with van der Waals surface area (Å²) in [5.41, 5.74) is 4.22. The van der Waals surface area contributed by atoms with Crippen molar-refractivity contribution in [3.63, 3.8) is 0 Å². The zero-order chi connectivity index (χ0) is 25.2. The van der Waals surface area contributed by atoms with E-state index in [0.717, 1.165) is 21.4 Å². The number of carbonyl (C=O) groups excluding carboxylic acids is 3. The number of para-hydroxylation sites is 1. The van der Waals surface area contributed by atoms with E-state index in [-0.39, 0.29) is 5.57 Å². The van der Waals surface area contributed by atoms with Crippen LogP contribution in [0.15, 0.2) is 84.6 Å². The van der Waals surface area contributed by atoms with Crippen LogP contribution in [0.1, 0.15) is 23.6 Å². The number of aryl methyl sites for hydroxylation is 1. The molecule has 4 amide bonds. The number of barbiturate groups is 1. The van der Waals surface area contributed by atoms with E-state index < -0.39 is 17.8 Å². The molecule has 1 aliphatic rings. The second-order valence-corrected chi connectivity index (χ2v) is 8.61. The predicted molar refractivity (Wildman–Crippen MR) is 139 cm³/mol. The zero-order valence-corrected chi connectivity index (χ0v) is 20.0. The van der Waals surface area contributed by atoms with Gasteiger partial charge in [0.05, 0.1) is 12.3 Å². The number of urea groups is 1. The van der Waals surface area contributed by atoms with Gasteiger partial charge in [0.1, 0.15) is 11.3 Å². The average Bonchev–Trinajstić information content (AvgIpc) is 3.19. The third-order valence-electron chi connectivity index (χ3n) is 6.04. The van der Waals surface area contributed by atoms with E-state index in [1.165, 1.54) is 5.56 Å². The van der Waals surface area contributed by atoms with Crippen molar-refractivity contribution in [1.29, 1.82) is 0 Å². The van der Waals surface area contributed by atoms with E-state index in [4.69, 9.17) is 4.74 Å². The van der Waals surface area contributed by atoms with Crippen LogP contribution >= 0.6 is 0 Å². The quantitative estimate of drug-likeness (QED) is 0.310. The number of hydrogen-bond donors (Lipinski definition) is 1. The molecule has 0 radical (unpaired) electrons. The zero-order valence-electron chi connectivity index (χ0n) is 20.0. The van der Waals surface area contributed by atoms with Gasteiger partial charge in [0.25, 0.3) is 11.8 Å². The summed E-state index contributed by atoms with van der Waals surface area (Å²) in [5.74, 6) is -0.886. The Hall–Kier alpha value is -4.65. The van der Waals surface area contributed by atoms with Gasteiger partial charge in [0.15, 0.2) is 0 Å². The molecule has 4 aromatic rings. The molecule has 1 aliphatic heterocycles. The molecule has 180 valence electrons. The van der Waals surface area contributed by atoms with Crippen LogP contribution in [0, 0.1) is 6.92 Å². The lowest BCUT2D eigenvalue weighted by Gasteiger charge is -2.26. The second-order valence-electron chi connectivity index (χ2n) is 8.61. The van der Waals surface area contributed by atoms with Crippen LogP contribution < -0.4 is 15.0 Å². The van der Waals surface area contributed by atoms with Crippen molar-refractivity contribution >= 4 is 40.5 Å². The Kier molecular flexibility index (Phi) is 6.12. The lowest BCUT2D eigenvalue weighted by atomic mass is 10.1. The molecule has 7 heteroatoms. The van der Waals surface area contributed by atoms with Crippen LogP contribution in [0.4, 0.5) is 10.5 Å².